The second-order valence-corrected chi connectivity index (χ2v) is 6.89. The van der Waals surface area contributed by atoms with Gasteiger partial charge in [0.05, 0.1) is 17.4 Å². The largest absolute Gasteiger partial charge is 0.497 e. The maximum Gasteiger partial charge on any atom is 0.344 e. The Hall–Kier alpha value is -4.20. The third-order valence-electron chi connectivity index (χ3n) is 5.03. The molecule has 0 atom stereocenters. The van der Waals surface area contributed by atoms with Gasteiger partial charge >= 0.3 is 5.63 Å². The van der Waals surface area contributed by atoms with E-state index < -0.39 is 16.3 Å². The molecule has 4 aromatic rings. The summed E-state index contributed by atoms with van der Waals surface area (Å²) in [6, 6.07) is 14.1. The molecule has 31 heavy (non-hydrogen) atoms. The van der Waals surface area contributed by atoms with Gasteiger partial charge in [-0.3, -0.25) is 14.9 Å². The van der Waals surface area contributed by atoms with Crippen LogP contribution in [0.3, 0.4) is 0 Å². The number of methoxy groups -OCH3 is 1. The number of ether oxygens (including phenoxy) is 2. The van der Waals surface area contributed by atoms with Crippen molar-refractivity contribution in [3.8, 4) is 11.5 Å². The lowest BCUT2D eigenvalue weighted by molar-refractivity contribution is -0.384. The van der Waals surface area contributed by atoms with Gasteiger partial charge in [0.25, 0.3) is 5.69 Å². The standard InChI is InChI=1S/C23H17NO7/c1-13-21(30-12-20(25)14-4-3-5-15(10-14)24(27)28)9-8-18-17-7-6-16(29-2)11-19(17)23(26)31-22(13)18/h3-11H,12H2,1-2H3. The van der Waals surface area contributed by atoms with Crippen molar-refractivity contribution in [2.24, 2.45) is 0 Å². The molecule has 156 valence electrons. The van der Waals surface area contributed by atoms with Gasteiger partial charge in [-0.1, -0.05) is 12.1 Å². The number of fused-ring (bicyclic) bond motifs is 3. The van der Waals surface area contributed by atoms with Crippen molar-refractivity contribution in [1.29, 1.82) is 0 Å². The van der Waals surface area contributed by atoms with Crippen LogP contribution in [0, 0.1) is 17.0 Å². The second kappa shape index (κ2) is 7.91. The number of nitro benzene ring substituents is 1. The fraction of sp³-hybridized carbons (Fsp3) is 0.130. The maximum atomic E-state index is 12.5. The molecule has 0 amide bonds. The van der Waals surface area contributed by atoms with E-state index in [1.165, 1.54) is 31.4 Å². The highest BCUT2D eigenvalue weighted by molar-refractivity contribution is 6.06. The van der Waals surface area contributed by atoms with Gasteiger partial charge in [0, 0.05) is 34.0 Å². The molecule has 4 rings (SSSR count). The number of hydrogen-bond donors (Lipinski definition) is 0. The Labute approximate surface area is 175 Å². The summed E-state index contributed by atoms with van der Waals surface area (Å²) in [6.07, 6.45) is 0. The van der Waals surface area contributed by atoms with Crippen molar-refractivity contribution in [2.45, 2.75) is 6.92 Å². The Morgan fingerprint density at radius 3 is 2.58 bits per heavy atom. The number of benzene rings is 3. The van der Waals surface area contributed by atoms with Gasteiger partial charge in [-0.05, 0) is 37.3 Å². The third kappa shape index (κ3) is 3.71. The van der Waals surface area contributed by atoms with Gasteiger partial charge < -0.3 is 13.9 Å². The van der Waals surface area contributed by atoms with Crippen LogP contribution in [0.5, 0.6) is 11.5 Å². The summed E-state index contributed by atoms with van der Waals surface area (Å²) in [5.74, 6) is 0.521. The van der Waals surface area contributed by atoms with E-state index in [-0.39, 0.29) is 17.9 Å². The number of nitro groups is 1. The number of carbonyl (C=O) groups excluding carboxylic acids is 1. The van der Waals surface area contributed by atoms with Crippen LogP contribution < -0.4 is 15.1 Å². The Kier molecular flexibility index (Phi) is 5.12. The van der Waals surface area contributed by atoms with Gasteiger partial charge in [-0.15, -0.1) is 0 Å². The molecule has 0 aliphatic heterocycles. The molecule has 0 N–H and O–H groups in total. The fourth-order valence-electron chi connectivity index (χ4n) is 3.39. The lowest BCUT2D eigenvalue weighted by Crippen LogP contribution is -2.12. The molecule has 0 saturated heterocycles. The summed E-state index contributed by atoms with van der Waals surface area (Å²) < 4.78 is 16.4. The summed E-state index contributed by atoms with van der Waals surface area (Å²) >= 11 is 0. The average Bonchev–Trinajstić information content (AvgIpc) is 2.78. The van der Waals surface area contributed by atoms with Crippen molar-refractivity contribution in [2.75, 3.05) is 13.7 Å². The normalized spacial score (nSPS) is 10.9. The highest BCUT2D eigenvalue weighted by Gasteiger charge is 2.16. The van der Waals surface area contributed by atoms with Crippen LogP contribution in [0.2, 0.25) is 0 Å². The van der Waals surface area contributed by atoms with Gasteiger partial charge in [0.15, 0.2) is 12.4 Å². The SMILES string of the molecule is COc1ccc2c(c1)c(=O)oc1c(C)c(OCC(=O)c3cccc([N+](=O)[O-])c3)ccc12. The van der Waals surface area contributed by atoms with Crippen LogP contribution in [-0.4, -0.2) is 24.4 Å². The minimum atomic E-state index is -0.562. The minimum absolute atomic E-state index is 0.169. The van der Waals surface area contributed by atoms with E-state index in [9.17, 15) is 19.7 Å². The van der Waals surface area contributed by atoms with Gasteiger partial charge in [0.2, 0.25) is 0 Å². The molecule has 0 fully saturated rings. The Balaban J connectivity index is 1.66. The fourth-order valence-corrected chi connectivity index (χ4v) is 3.39. The molecule has 8 heteroatoms. The van der Waals surface area contributed by atoms with Crippen molar-refractivity contribution < 1.29 is 23.6 Å². The van der Waals surface area contributed by atoms with E-state index in [0.717, 1.165) is 10.8 Å². The number of hydrogen-bond acceptors (Lipinski definition) is 7. The van der Waals surface area contributed by atoms with Crippen LogP contribution in [0.4, 0.5) is 5.69 Å². The molecule has 3 aromatic carbocycles. The predicted octanol–water partition coefficient (Wildman–Crippen LogP) is 4.43. The predicted molar refractivity (Wildman–Crippen MR) is 114 cm³/mol. The molecule has 1 aromatic heterocycles. The zero-order valence-corrected chi connectivity index (χ0v) is 16.7. The first-order chi connectivity index (χ1) is 14.9. The first kappa shape index (κ1) is 20.1. The highest BCUT2D eigenvalue weighted by Crippen LogP contribution is 2.32. The molecule has 0 spiro atoms. The first-order valence-corrected chi connectivity index (χ1v) is 9.33. The van der Waals surface area contributed by atoms with Crippen LogP contribution in [0.25, 0.3) is 21.7 Å². The monoisotopic (exact) mass is 419 g/mol. The van der Waals surface area contributed by atoms with Crippen molar-refractivity contribution in [1.82, 2.24) is 0 Å². The first-order valence-electron chi connectivity index (χ1n) is 9.33. The molecule has 0 radical (unpaired) electrons. The minimum Gasteiger partial charge on any atom is -0.497 e. The van der Waals surface area contributed by atoms with E-state index in [2.05, 4.69) is 0 Å². The second-order valence-electron chi connectivity index (χ2n) is 6.89. The third-order valence-corrected chi connectivity index (χ3v) is 5.03. The topological polar surface area (TPSA) is 109 Å². The zero-order chi connectivity index (χ0) is 22.1. The van der Waals surface area contributed by atoms with Crippen molar-refractivity contribution in [3.63, 3.8) is 0 Å². The molecule has 0 bridgehead atoms. The summed E-state index contributed by atoms with van der Waals surface area (Å²) in [7, 11) is 1.52. The number of Topliss-reactive ketones (excluding diaryl/α,β-unsaturated/α-hetero) is 1. The summed E-state index contributed by atoms with van der Waals surface area (Å²) in [5.41, 5.74) is 0.439. The smallest absolute Gasteiger partial charge is 0.344 e. The van der Waals surface area contributed by atoms with Gasteiger partial charge in [0.1, 0.15) is 17.1 Å². The van der Waals surface area contributed by atoms with E-state index in [1.807, 2.05) is 0 Å². The van der Waals surface area contributed by atoms with Crippen LogP contribution >= 0.6 is 0 Å². The number of carbonyl (C=O) groups is 1. The highest BCUT2D eigenvalue weighted by atomic mass is 16.6. The molecule has 0 unspecified atom stereocenters. The number of non-ortho nitro benzene ring substituents is 1. The van der Waals surface area contributed by atoms with Gasteiger partial charge in [-0.2, -0.15) is 0 Å². The lowest BCUT2D eigenvalue weighted by Gasteiger charge is -2.12. The number of nitrogens with zero attached hydrogens (tertiary/aromatic N) is 1. The summed E-state index contributed by atoms with van der Waals surface area (Å²) in [4.78, 5) is 35.3. The van der Waals surface area contributed by atoms with E-state index in [0.29, 0.717) is 28.0 Å². The lowest BCUT2D eigenvalue weighted by atomic mass is 10.0. The molecule has 8 nitrogen and oxygen atoms in total. The van der Waals surface area contributed by atoms with Crippen LogP contribution in [-0.2, 0) is 0 Å². The van der Waals surface area contributed by atoms with Gasteiger partial charge in [-0.25, -0.2) is 4.79 Å². The van der Waals surface area contributed by atoms with E-state index >= 15 is 0 Å². The Morgan fingerprint density at radius 2 is 1.84 bits per heavy atom. The quantitative estimate of drug-likeness (QED) is 0.149. The maximum absolute atomic E-state index is 12.5. The average molecular weight is 419 g/mol. The van der Waals surface area contributed by atoms with E-state index in [1.54, 1.807) is 37.3 Å². The molecule has 1 heterocycles. The number of rotatable bonds is 6. The molecular formula is C23H17NO7. The molecule has 0 aliphatic rings. The summed E-state index contributed by atoms with van der Waals surface area (Å²) in [5, 5.41) is 12.8. The van der Waals surface area contributed by atoms with Crippen molar-refractivity contribution >= 4 is 33.2 Å². The van der Waals surface area contributed by atoms with E-state index in [4.69, 9.17) is 13.9 Å². The van der Waals surface area contributed by atoms with Crippen LogP contribution in [0.1, 0.15) is 15.9 Å². The molecular weight excluding hydrogens is 402 g/mol. The number of aryl methyl sites for hydroxylation is 1. The Morgan fingerprint density at radius 1 is 1.06 bits per heavy atom. The zero-order valence-electron chi connectivity index (χ0n) is 16.7. The molecule has 0 aliphatic carbocycles. The van der Waals surface area contributed by atoms with Crippen LogP contribution in [0.15, 0.2) is 63.8 Å². The van der Waals surface area contributed by atoms with Crippen molar-refractivity contribution in [3.05, 3.63) is 86.3 Å². The number of ketones is 1. The molecule has 0 saturated carbocycles. The summed E-state index contributed by atoms with van der Waals surface area (Å²) in [6.45, 7) is 1.41. The Bertz CT molecular complexity index is 1400.